The number of hydrogen-bond acceptors (Lipinski definition) is 5. The van der Waals surface area contributed by atoms with Crippen molar-refractivity contribution >= 4 is 40.2 Å². The Morgan fingerprint density at radius 3 is 2.96 bits per heavy atom. The molecule has 0 saturated heterocycles. The summed E-state index contributed by atoms with van der Waals surface area (Å²) in [6.45, 7) is -0.100. The number of carbonyl (C=O) groups excluding carboxylic acids is 1. The van der Waals surface area contributed by atoms with E-state index < -0.39 is 5.82 Å². The van der Waals surface area contributed by atoms with E-state index in [-0.39, 0.29) is 24.2 Å². The van der Waals surface area contributed by atoms with E-state index >= 15 is 0 Å². The van der Waals surface area contributed by atoms with Gasteiger partial charge in [-0.25, -0.2) is 9.40 Å². The Kier molecular flexibility index (Phi) is 4.96. The Morgan fingerprint density at radius 1 is 1.37 bits per heavy atom. The first-order chi connectivity index (χ1) is 13.1. The van der Waals surface area contributed by atoms with Crippen LogP contribution in [-0.2, 0) is 4.79 Å². The quantitative estimate of drug-likeness (QED) is 0.657. The maximum atomic E-state index is 13.9. The van der Waals surface area contributed by atoms with Crippen molar-refractivity contribution in [3.05, 3.63) is 75.6 Å². The van der Waals surface area contributed by atoms with Crippen LogP contribution in [0.2, 0.25) is 5.02 Å². The first-order valence-electron chi connectivity index (χ1n) is 8.27. The second-order valence-corrected chi connectivity index (χ2v) is 7.36. The highest BCUT2D eigenvalue weighted by Gasteiger charge is 2.35. The molecule has 1 amide bonds. The molecule has 0 fully saturated rings. The van der Waals surface area contributed by atoms with Crippen LogP contribution in [0, 0.1) is 5.82 Å². The van der Waals surface area contributed by atoms with E-state index in [1.807, 2.05) is 23.6 Å². The summed E-state index contributed by atoms with van der Waals surface area (Å²) in [5, 5.41) is 11.0. The Balaban J connectivity index is 1.53. The molecule has 1 aliphatic rings. The monoisotopic (exact) mass is 403 g/mol. The SMILES string of the molecule is O=C(CNc1ccc(Cl)cc1F)N1N=C(c2cccs2)C[C@H]1c1ccco1. The largest absolute Gasteiger partial charge is 0.467 e. The highest BCUT2D eigenvalue weighted by Crippen LogP contribution is 2.34. The lowest BCUT2D eigenvalue weighted by atomic mass is 10.1. The summed E-state index contributed by atoms with van der Waals surface area (Å²) < 4.78 is 19.4. The van der Waals surface area contributed by atoms with Gasteiger partial charge in [0.25, 0.3) is 5.91 Å². The number of rotatable bonds is 5. The predicted molar refractivity (Wildman–Crippen MR) is 104 cm³/mol. The van der Waals surface area contributed by atoms with Crippen LogP contribution >= 0.6 is 22.9 Å². The molecule has 0 spiro atoms. The molecule has 2 aromatic heterocycles. The maximum Gasteiger partial charge on any atom is 0.262 e. The standard InChI is InChI=1S/C19H15ClFN3O2S/c20-12-5-6-14(13(21)9-12)22-11-19(25)24-16(17-3-1-7-26-17)10-15(23-24)18-4-2-8-27-18/h1-9,16,22H,10-11H2/t16-/m0/s1. The van der Waals surface area contributed by atoms with Crippen molar-refractivity contribution in [2.45, 2.75) is 12.5 Å². The van der Waals surface area contributed by atoms with Crippen molar-refractivity contribution in [2.75, 3.05) is 11.9 Å². The number of amides is 1. The van der Waals surface area contributed by atoms with Crippen molar-refractivity contribution in [2.24, 2.45) is 5.10 Å². The highest BCUT2D eigenvalue weighted by atomic mass is 35.5. The lowest BCUT2D eigenvalue weighted by Gasteiger charge is -2.20. The number of anilines is 1. The molecule has 3 heterocycles. The van der Waals surface area contributed by atoms with Crippen LogP contribution in [0.5, 0.6) is 0 Å². The number of nitrogens with zero attached hydrogens (tertiary/aromatic N) is 2. The zero-order valence-electron chi connectivity index (χ0n) is 14.1. The normalized spacial score (nSPS) is 16.4. The van der Waals surface area contributed by atoms with E-state index in [1.165, 1.54) is 17.1 Å². The molecule has 0 unspecified atom stereocenters. The van der Waals surface area contributed by atoms with E-state index in [2.05, 4.69) is 10.4 Å². The van der Waals surface area contributed by atoms with Crippen LogP contribution in [0.3, 0.4) is 0 Å². The van der Waals surface area contributed by atoms with E-state index in [9.17, 15) is 9.18 Å². The lowest BCUT2D eigenvalue weighted by Crippen LogP contribution is -2.32. The van der Waals surface area contributed by atoms with Gasteiger partial charge in [-0.15, -0.1) is 11.3 Å². The number of halogens is 2. The molecule has 1 aliphatic heterocycles. The third kappa shape index (κ3) is 3.74. The molecule has 3 aromatic rings. The summed E-state index contributed by atoms with van der Waals surface area (Å²) in [5.41, 5.74) is 1.04. The minimum absolute atomic E-state index is 0.100. The predicted octanol–water partition coefficient (Wildman–Crippen LogP) is 4.92. The molecule has 1 N–H and O–H groups in total. The van der Waals surface area contributed by atoms with Gasteiger partial charge in [0.15, 0.2) is 0 Å². The van der Waals surface area contributed by atoms with Crippen LogP contribution < -0.4 is 5.32 Å². The Morgan fingerprint density at radius 2 is 2.26 bits per heavy atom. The van der Waals surface area contributed by atoms with Gasteiger partial charge in [-0.05, 0) is 41.8 Å². The van der Waals surface area contributed by atoms with Crippen LogP contribution in [-0.4, -0.2) is 23.2 Å². The van der Waals surface area contributed by atoms with Crippen LogP contribution in [0.1, 0.15) is 23.1 Å². The van der Waals surface area contributed by atoms with Crippen molar-refractivity contribution in [1.29, 1.82) is 0 Å². The van der Waals surface area contributed by atoms with E-state index in [0.29, 0.717) is 17.2 Å². The summed E-state index contributed by atoms with van der Waals surface area (Å²) in [4.78, 5) is 13.8. The fourth-order valence-electron chi connectivity index (χ4n) is 2.92. The lowest BCUT2D eigenvalue weighted by molar-refractivity contribution is -0.131. The molecule has 0 bridgehead atoms. The summed E-state index contributed by atoms with van der Waals surface area (Å²) >= 11 is 7.32. The topological polar surface area (TPSA) is 57.8 Å². The second kappa shape index (κ2) is 7.54. The number of benzene rings is 1. The average Bonchev–Trinajstić information content (AvgIpc) is 3.40. The Labute approximate surface area is 164 Å². The minimum atomic E-state index is -0.512. The van der Waals surface area contributed by atoms with Crippen molar-refractivity contribution in [3.8, 4) is 0 Å². The fraction of sp³-hybridized carbons (Fsp3) is 0.158. The Hall–Kier alpha value is -2.64. The van der Waals surface area contributed by atoms with Gasteiger partial charge in [-0.1, -0.05) is 17.7 Å². The molecule has 8 heteroatoms. The van der Waals surface area contributed by atoms with Crippen LogP contribution in [0.4, 0.5) is 10.1 Å². The van der Waals surface area contributed by atoms with Gasteiger partial charge in [-0.3, -0.25) is 4.79 Å². The first-order valence-corrected chi connectivity index (χ1v) is 9.53. The fourth-order valence-corrected chi connectivity index (χ4v) is 3.80. The Bertz CT molecular complexity index is 973. The summed E-state index contributed by atoms with van der Waals surface area (Å²) in [6, 6.07) is 11.5. The van der Waals surface area contributed by atoms with Gasteiger partial charge in [0.1, 0.15) is 17.6 Å². The molecule has 0 aliphatic carbocycles. The summed E-state index contributed by atoms with van der Waals surface area (Å²) in [6.07, 6.45) is 2.14. The number of hydrazone groups is 1. The van der Waals surface area contributed by atoms with Crippen LogP contribution in [0.15, 0.2) is 63.6 Å². The van der Waals surface area contributed by atoms with Crippen molar-refractivity contribution in [1.82, 2.24) is 5.01 Å². The van der Waals surface area contributed by atoms with Gasteiger partial charge < -0.3 is 9.73 Å². The summed E-state index contributed by atoms with van der Waals surface area (Å²) in [7, 11) is 0. The summed E-state index contributed by atoms with van der Waals surface area (Å²) in [5.74, 6) is -0.129. The first kappa shape index (κ1) is 17.8. The molecule has 0 radical (unpaired) electrons. The zero-order chi connectivity index (χ0) is 18.8. The molecule has 1 aromatic carbocycles. The van der Waals surface area contributed by atoms with Gasteiger partial charge >= 0.3 is 0 Å². The maximum absolute atomic E-state index is 13.9. The smallest absolute Gasteiger partial charge is 0.262 e. The van der Waals surface area contributed by atoms with Crippen molar-refractivity contribution in [3.63, 3.8) is 0 Å². The number of nitrogens with one attached hydrogen (secondary N) is 1. The molecule has 0 saturated carbocycles. The number of thiophene rings is 1. The molecular formula is C19H15ClFN3O2S. The highest BCUT2D eigenvalue weighted by molar-refractivity contribution is 7.12. The van der Waals surface area contributed by atoms with Gasteiger partial charge in [0, 0.05) is 11.4 Å². The molecule has 1 atom stereocenters. The van der Waals surface area contributed by atoms with Gasteiger partial charge in [-0.2, -0.15) is 5.10 Å². The number of furan rings is 1. The zero-order valence-corrected chi connectivity index (χ0v) is 15.6. The molecule has 4 rings (SSSR count). The van der Waals surface area contributed by atoms with Crippen LogP contribution in [0.25, 0.3) is 0 Å². The average molecular weight is 404 g/mol. The van der Waals surface area contributed by atoms with Crippen molar-refractivity contribution < 1.29 is 13.6 Å². The van der Waals surface area contributed by atoms with Gasteiger partial charge in [0.2, 0.25) is 0 Å². The van der Waals surface area contributed by atoms with E-state index in [1.54, 1.807) is 29.7 Å². The van der Waals surface area contributed by atoms with Gasteiger partial charge in [0.05, 0.1) is 29.1 Å². The third-order valence-corrected chi connectivity index (χ3v) is 5.36. The molecular weight excluding hydrogens is 389 g/mol. The second-order valence-electron chi connectivity index (χ2n) is 5.98. The third-order valence-electron chi connectivity index (χ3n) is 4.20. The minimum Gasteiger partial charge on any atom is -0.467 e. The number of hydrogen-bond donors (Lipinski definition) is 1. The number of carbonyl (C=O) groups is 1. The molecule has 27 heavy (non-hydrogen) atoms. The van der Waals surface area contributed by atoms with E-state index in [0.717, 1.165) is 10.6 Å². The molecule has 138 valence electrons. The van der Waals surface area contributed by atoms with E-state index in [4.69, 9.17) is 16.0 Å². The molecule has 5 nitrogen and oxygen atoms in total.